The Morgan fingerprint density at radius 3 is 3.00 bits per heavy atom. The Bertz CT molecular complexity index is 366. The topological polar surface area (TPSA) is 21.3 Å². The summed E-state index contributed by atoms with van der Waals surface area (Å²) in [5, 5.41) is 3.48. The largest absolute Gasteiger partial charge is 0.492 e. The standard InChI is InChI=1S/C13H17BrFNO/c14-12-9-10(15)4-5-13(12)17-8-6-11-3-1-2-7-16-11/h4-5,9,11,16H,1-3,6-8H2/t11-/m0/s1. The van der Waals surface area contributed by atoms with Gasteiger partial charge in [0.2, 0.25) is 0 Å². The molecule has 1 aliphatic heterocycles. The molecule has 0 bridgehead atoms. The van der Waals surface area contributed by atoms with Crippen molar-refractivity contribution >= 4 is 15.9 Å². The Kier molecular flexibility index (Phi) is 4.80. The van der Waals surface area contributed by atoms with Gasteiger partial charge in [-0.2, -0.15) is 0 Å². The van der Waals surface area contributed by atoms with Crippen molar-refractivity contribution < 1.29 is 9.13 Å². The fourth-order valence-corrected chi connectivity index (χ4v) is 2.54. The van der Waals surface area contributed by atoms with E-state index in [0.29, 0.717) is 22.9 Å². The van der Waals surface area contributed by atoms with Gasteiger partial charge >= 0.3 is 0 Å². The maximum absolute atomic E-state index is 12.9. The van der Waals surface area contributed by atoms with E-state index in [2.05, 4.69) is 21.2 Å². The number of rotatable bonds is 4. The minimum Gasteiger partial charge on any atom is -0.492 e. The average Bonchev–Trinajstić information content (AvgIpc) is 2.33. The molecule has 2 rings (SSSR count). The van der Waals surface area contributed by atoms with Crippen LogP contribution in [0.15, 0.2) is 22.7 Å². The smallest absolute Gasteiger partial charge is 0.133 e. The van der Waals surface area contributed by atoms with E-state index >= 15 is 0 Å². The van der Waals surface area contributed by atoms with Crippen molar-refractivity contribution in [2.45, 2.75) is 31.7 Å². The third-order valence-corrected chi connectivity index (χ3v) is 3.65. The zero-order chi connectivity index (χ0) is 12.1. The van der Waals surface area contributed by atoms with Gasteiger partial charge in [0.1, 0.15) is 11.6 Å². The molecule has 0 aromatic heterocycles. The van der Waals surface area contributed by atoms with Crippen LogP contribution >= 0.6 is 15.9 Å². The Labute approximate surface area is 110 Å². The van der Waals surface area contributed by atoms with Gasteiger partial charge < -0.3 is 10.1 Å². The molecule has 4 heteroatoms. The van der Waals surface area contributed by atoms with Crippen LogP contribution in [-0.2, 0) is 0 Å². The van der Waals surface area contributed by atoms with Crippen LogP contribution in [0.5, 0.6) is 5.75 Å². The van der Waals surface area contributed by atoms with Gasteiger partial charge in [0.15, 0.2) is 0 Å². The molecule has 1 aliphatic rings. The lowest BCUT2D eigenvalue weighted by Crippen LogP contribution is -2.35. The third-order valence-electron chi connectivity index (χ3n) is 3.03. The van der Waals surface area contributed by atoms with Crippen molar-refractivity contribution in [3.8, 4) is 5.75 Å². The number of hydrogen-bond donors (Lipinski definition) is 1. The lowest BCUT2D eigenvalue weighted by atomic mass is 10.0. The van der Waals surface area contributed by atoms with Gasteiger partial charge in [-0.25, -0.2) is 4.39 Å². The van der Waals surface area contributed by atoms with E-state index in [-0.39, 0.29) is 5.82 Å². The molecule has 2 nitrogen and oxygen atoms in total. The van der Waals surface area contributed by atoms with E-state index in [1.165, 1.54) is 31.4 Å². The second-order valence-electron chi connectivity index (χ2n) is 4.36. The highest BCUT2D eigenvalue weighted by molar-refractivity contribution is 9.10. The Morgan fingerprint density at radius 1 is 1.41 bits per heavy atom. The maximum atomic E-state index is 12.9. The molecular formula is C13H17BrFNO. The number of benzene rings is 1. The van der Waals surface area contributed by atoms with Gasteiger partial charge in [0.25, 0.3) is 0 Å². The van der Waals surface area contributed by atoms with Crippen LogP contribution in [0, 0.1) is 5.82 Å². The maximum Gasteiger partial charge on any atom is 0.133 e. The molecule has 0 spiro atoms. The minimum atomic E-state index is -0.252. The molecule has 0 amide bonds. The van der Waals surface area contributed by atoms with Gasteiger partial charge in [-0.05, 0) is 59.9 Å². The summed E-state index contributed by atoms with van der Waals surface area (Å²) < 4.78 is 19.2. The number of hydrogen-bond acceptors (Lipinski definition) is 2. The molecule has 0 aliphatic carbocycles. The molecule has 17 heavy (non-hydrogen) atoms. The quantitative estimate of drug-likeness (QED) is 0.919. The molecule has 1 fully saturated rings. The zero-order valence-electron chi connectivity index (χ0n) is 9.72. The van der Waals surface area contributed by atoms with Gasteiger partial charge in [-0.15, -0.1) is 0 Å². The first-order valence-corrected chi connectivity index (χ1v) is 6.86. The van der Waals surface area contributed by atoms with Crippen LogP contribution in [-0.4, -0.2) is 19.2 Å². The summed E-state index contributed by atoms with van der Waals surface area (Å²) in [5.74, 6) is 0.459. The van der Waals surface area contributed by atoms with Crippen LogP contribution < -0.4 is 10.1 Å². The molecule has 1 saturated heterocycles. The molecule has 0 radical (unpaired) electrons. The van der Waals surface area contributed by atoms with E-state index in [1.54, 1.807) is 6.07 Å². The fraction of sp³-hybridized carbons (Fsp3) is 0.538. The second-order valence-corrected chi connectivity index (χ2v) is 5.21. The SMILES string of the molecule is Fc1ccc(OCC[C@@H]2CCCCN2)c(Br)c1. The van der Waals surface area contributed by atoms with Crippen molar-refractivity contribution in [3.63, 3.8) is 0 Å². The van der Waals surface area contributed by atoms with Crippen molar-refractivity contribution in [1.29, 1.82) is 0 Å². The highest BCUT2D eigenvalue weighted by atomic mass is 79.9. The van der Waals surface area contributed by atoms with Crippen molar-refractivity contribution in [1.82, 2.24) is 5.32 Å². The summed E-state index contributed by atoms with van der Waals surface area (Å²) in [6, 6.07) is 5.07. The van der Waals surface area contributed by atoms with Crippen molar-refractivity contribution in [2.24, 2.45) is 0 Å². The van der Waals surface area contributed by atoms with Gasteiger partial charge in [0, 0.05) is 6.04 Å². The molecule has 1 N–H and O–H groups in total. The molecule has 1 heterocycles. The number of nitrogens with one attached hydrogen (secondary N) is 1. The van der Waals surface area contributed by atoms with Crippen LogP contribution in [0.2, 0.25) is 0 Å². The highest BCUT2D eigenvalue weighted by Gasteiger charge is 2.12. The van der Waals surface area contributed by atoms with E-state index in [1.807, 2.05) is 0 Å². The van der Waals surface area contributed by atoms with Gasteiger partial charge in [0.05, 0.1) is 11.1 Å². The van der Waals surface area contributed by atoms with Gasteiger partial charge in [-0.1, -0.05) is 6.42 Å². The molecule has 1 aromatic carbocycles. The number of piperidine rings is 1. The second kappa shape index (κ2) is 6.36. The summed E-state index contributed by atoms with van der Waals surface area (Å²) in [6.45, 7) is 1.78. The molecule has 1 aromatic rings. The van der Waals surface area contributed by atoms with E-state index < -0.39 is 0 Å². The molecule has 0 saturated carbocycles. The monoisotopic (exact) mass is 301 g/mol. The van der Waals surface area contributed by atoms with Gasteiger partial charge in [-0.3, -0.25) is 0 Å². The van der Waals surface area contributed by atoms with E-state index in [9.17, 15) is 4.39 Å². The Morgan fingerprint density at radius 2 is 2.29 bits per heavy atom. The fourth-order valence-electron chi connectivity index (χ4n) is 2.07. The summed E-state index contributed by atoms with van der Waals surface area (Å²) in [4.78, 5) is 0. The zero-order valence-corrected chi connectivity index (χ0v) is 11.3. The normalized spacial score (nSPS) is 20.2. The lowest BCUT2D eigenvalue weighted by molar-refractivity contribution is 0.267. The Balaban J connectivity index is 1.77. The molecule has 1 atom stereocenters. The van der Waals surface area contributed by atoms with E-state index in [0.717, 1.165) is 13.0 Å². The van der Waals surface area contributed by atoms with Crippen LogP contribution in [0.4, 0.5) is 4.39 Å². The summed E-state index contributed by atoms with van der Waals surface area (Å²) >= 11 is 3.29. The summed E-state index contributed by atoms with van der Waals surface area (Å²) in [7, 11) is 0. The summed E-state index contributed by atoms with van der Waals surface area (Å²) in [6.07, 6.45) is 4.82. The lowest BCUT2D eigenvalue weighted by Gasteiger charge is -2.23. The molecular weight excluding hydrogens is 285 g/mol. The predicted octanol–water partition coefficient (Wildman–Crippen LogP) is 3.50. The molecule has 0 unspecified atom stereocenters. The average molecular weight is 302 g/mol. The van der Waals surface area contributed by atoms with Crippen LogP contribution in [0.3, 0.4) is 0 Å². The minimum absolute atomic E-state index is 0.252. The number of halogens is 2. The summed E-state index contributed by atoms with van der Waals surface area (Å²) in [5.41, 5.74) is 0. The molecule has 94 valence electrons. The predicted molar refractivity (Wildman–Crippen MR) is 69.9 cm³/mol. The Hall–Kier alpha value is -0.610. The first-order chi connectivity index (χ1) is 8.25. The van der Waals surface area contributed by atoms with Crippen LogP contribution in [0.1, 0.15) is 25.7 Å². The van der Waals surface area contributed by atoms with E-state index in [4.69, 9.17) is 4.74 Å². The highest BCUT2D eigenvalue weighted by Crippen LogP contribution is 2.25. The number of ether oxygens (including phenoxy) is 1. The van der Waals surface area contributed by atoms with Crippen molar-refractivity contribution in [3.05, 3.63) is 28.5 Å². The first-order valence-electron chi connectivity index (χ1n) is 6.07. The van der Waals surface area contributed by atoms with Crippen LogP contribution in [0.25, 0.3) is 0 Å². The third kappa shape index (κ3) is 3.96. The van der Waals surface area contributed by atoms with Crippen molar-refractivity contribution in [2.75, 3.05) is 13.2 Å². The first kappa shape index (κ1) is 12.8.